The first-order chi connectivity index (χ1) is 17.5. The van der Waals surface area contributed by atoms with Crippen molar-refractivity contribution in [1.82, 2.24) is 19.9 Å². The van der Waals surface area contributed by atoms with Crippen LogP contribution in [0.15, 0.2) is 24.4 Å². The van der Waals surface area contributed by atoms with Gasteiger partial charge in [0, 0.05) is 43.0 Å². The number of hydrogen-bond acceptors (Lipinski definition) is 8. The first-order valence-electron chi connectivity index (χ1n) is 12.8. The Labute approximate surface area is 212 Å². The molecule has 0 amide bonds. The molecule has 2 aliphatic rings. The summed E-state index contributed by atoms with van der Waals surface area (Å²) in [5, 5.41) is 18.0. The van der Waals surface area contributed by atoms with Crippen LogP contribution < -0.4 is 20.7 Å². The lowest BCUT2D eigenvalue weighted by Crippen LogP contribution is -2.36. The molecule has 3 N–H and O–H groups in total. The van der Waals surface area contributed by atoms with Gasteiger partial charge in [-0.2, -0.15) is 15.2 Å². The fourth-order valence-electron chi connectivity index (χ4n) is 5.28. The smallest absolute Gasteiger partial charge is 0.231 e. The van der Waals surface area contributed by atoms with E-state index in [4.69, 9.17) is 9.72 Å². The number of rotatable bonds is 7. The quantitative estimate of drug-likeness (QED) is 0.396. The molecule has 1 saturated carbocycles. The van der Waals surface area contributed by atoms with Crippen molar-refractivity contribution >= 4 is 40.9 Å². The molecule has 190 valence electrons. The van der Waals surface area contributed by atoms with Gasteiger partial charge in [0.1, 0.15) is 30.4 Å². The molecule has 3 aromatic rings. The summed E-state index contributed by atoms with van der Waals surface area (Å²) in [7, 11) is -0.832. The molecule has 0 atom stereocenters. The highest BCUT2D eigenvalue weighted by molar-refractivity contribution is 7.71. The zero-order valence-corrected chi connectivity index (χ0v) is 21.9. The molecule has 1 aliphatic heterocycles. The van der Waals surface area contributed by atoms with Crippen LogP contribution in [-0.2, 0) is 4.57 Å². The van der Waals surface area contributed by atoms with Crippen molar-refractivity contribution in [2.75, 3.05) is 49.7 Å². The Bertz CT molecular complexity index is 1310. The molecule has 36 heavy (non-hydrogen) atoms. The largest absolute Gasteiger partial charge is 0.495 e. The lowest BCUT2D eigenvalue weighted by Gasteiger charge is -2.31. The van der Waals surface area contributed by atoms with Crippen LogP contribution in [0.2, 0.25) is 0 Å². The predicted octanol–water partition coefficient (Wildman–Crippen LogP) is 4.65. The SMILES string of the molecule is CCN1CCP(=O)(c2ccc(Nc3nc(NC4CCCCC4)c4c(C#N)c[nH]c4n3)c(OC)c2)CC1. The monoisotopic (exact) mass is 507 g/mol. The zero-order chi connectivity index (χ0) is 25.1. The van der Waals surface area contributed by atoms with Crippen LogP contribution in [0.3, 0.4) is 0 Å². The maximum Gasteiger partial charge on any atom is 0.231 e. The number of fused-ring (bicyclic) bond motifs is 1. The Kier molecular flexibility index (Phi) is 7.17. The van der Waals surface area contributed by atoms with Crippen LogP contribution in [0.5, 0.6) is 5.75 Å². The highest BCUT2D eigenvalue weighted by Crippen LogP contribution is 2.47. The van der Waals surface area contributed by atoms with E-state index < -0.39 is 7.14 Å². The topological polar surface area (TPSA) is 119 Å². The fourth-order valence-corrected chi connectivity index (χ4v) is 7.93. The number of methoxy groups -OCH3 is 1. The first-order valence-corrected chi connectivity index (χ1v) is 14.9. The highest BCUT2D eigenvalue weighted by atomic mass is 31.2. The summed E-state index contributed by atoms with van der Waals surface area (Å²) in [4.78, 5) is 14.8. The number of nitrogens with zero attached hydrogens (tertiary/aromatic N) is 4. The van der Waals surface area contributed by atoms with Crippen LogP contribution in [0.1, 0.15) is 44.6 Å². The molecule has 3 heterocycles. The zero-order valence-electron chi connectivity index (χ0n) is 21.0. The number of anilines is 3. The molecule has 0 unspecified atom stereocenters. The maximum atomic E-state index is 13.7. The van der Waals surface area contributed by atoms with E-state index in [1.165, 1.54) is 19.3 Å². The van der Waals surface area contributed by atoms with E-state index >= 15 is 0 Å². The lowest BCUT2D eigenvalue weighted by atomic mass is 9.95. The van der Waals surface area contributed by atoms with Gasteiger partial charge < -0.3 is 29.8 Å². The molecule has 2 fully saturated rings. The molecule has 10 heteroatoms. The Morgan fingerprint density at radius 1 is 1.22 bits per heavy atom. The van der Waals surface area contributed by atoms with Crippen molar-refractivity contribution in [3.63, 3.8) is 0 Å². The summed E-state index contributed by atoms with van der Waals surface area (Å²) in [6.07, 6.45) is 8.89. The van der Waals surface area contributed by atoms with Crippen molar-refractivity contribution in [3.05, 3.63) is 30.0 Å². The van der Waals surface area contributed by atoms with E-state index in [9.17, 15) is 9.83 Å². The summed E-state index contributed by atoms with van der Waals surface area (Å²) in [6.45, 7) is 4.86. The third kappa shape index (κ3) is 4.93. The van der Waals surface area contributed by atoms with Gasteiger partial charge in [-0.3, -0.25) is 0 Å². The Balaban J connectivity index is 1.44. The van der Waals surface area contributed by atoms with Gasteiger partial charge in [-0.15, -0.1) is 0 Å². The van der Waals surface area contributed by atoms with Gasteiger partial charge in [0.2, 0.25) is 5.95 Å². The van der Waals surface area contributed by atoms with Crippen LogP contribution in [0.25, 0.3) is 11.0 Å². The molecular formula is C26H34N7O2P. The number of nitrogens with one attached hydrogen (secondary N) is 3. The average Bonchev–Trinajstić information content (AvgIpc) is 3.33. The van der Waals surface area contributed by atoms with E-state index in [2.05, 4.69) is 38.5 Å². The number of benzene rings is 1. The number of hydrogen-bond donors (Lipinski definition) is 3. The summed E-state index contributed by atoms with van der Waals surface area (Å²) in [5.74, 6) is 1.67. The van der Waals surface area contributed by atoms with Crippen molar-refractivity contribution < 1.29 is 9.30 Å². The van der Waals surface area contributed by atoms with Crippen molar-refractivity contribution in [1.29, 1.82) is 5.26 Å². The molecule has 0 bridgehead atoms. The van der Waals surface area contributed by atoms with Crippen LogP contribution in [0.4, 0.5) is 17.5 Å². The van der Waals surface area contributed by atoms with Crippen LogP contribution in [0, 0.1) is 11.3 Å². The normalized spacial score (nSPS) is 18.6. The van der Waals surface area contributed by atoms with Crippen LogP contribution in [-0.4, -0.2) is 65.0 Å². The molecule has 0 spiro atoms. The van der Waals surface area contributed by atoms with Gasteiger partial charge in [-0.1, -0.05) is 26.2 Å². The van der Waals surface area contributed by atoms with Crippen molar-refractivity contribution in [2.45, 2.75) is 45.1 Å². The molecular weight excluding hydrogens is 473 g/mol. The Hall–Kier alpha value is -3.08. The molecule has 0 radical (unpaired) electrons. The standard InChI is InChI=1S/C26H34N7O2P/c1-3-33-11-13-36(34,14-12-33)20-9-10-21(22(15-20)35-2)30-26-31-24-23(18(16-27)17-28-24)25(32-26)29-19-7-5-4-6-8-19/h9-10,15,17,19H,3-8,11-14H2,1-2H3,(H3,28,29,30,31,32). The number of ether oxygens (including phenoxy) is 1. The molecule has 1 saturated heterocycles. The lowest BCUT2D eigenvalue weighted by molar-refractivity contribution is 0.312. The Morgan fingerprint density at radius 3 is 2.69 bits per heavy atom. The van der Waals surface area contributed by atoms with E-state index in [1.54, 1.807) is 13.3 Å². The highest BCUT2D eigenvalue weighted by Gasteiger charge is 2.30. The van der Waals surface area contributed by atoms with Gasteiger partial charge in [-0.05, 0) is 37.6 Å². The number of nitriles is 1. The summed E-state index contributed by atoms with van der Waals surface area (Å²) in [6, 6.07) is 8.31. The van der Waals surface area contributed by atoms with Crippen molar-refractivity contribution in [3.8, 4) is 11.8 Å². The van der Waals surface area contributed by atoms with E-state index in [0.29, 0.717) is 58.2 Å². The van der Waals surface area contributed by atoms with E-state index in [-0.39, 0.29) is 0 Å². The molecule has 1 aliphatic carbocycles. The predicted molar refractivity (Wildman–Crippen MR) is 144 cm³/mol. The number of aromatic nitrogens is 3. The summed E-state index contributed by atoms with van der Waals surface area (Å²) >= 11 is 0. The van der Waals surface area contributed by atoms with E-state index in [0.717, 1.165) is 37.8 Å². The van der Waals surface area contributed by atoms with Gasteiger partial charge in [-0.25, -0.2) is 0 Å². The maximum absolute atomic E-state index is 13.7. The average molecular weight is 508 g/mol. The fraction of sp³-hybridized carbons (Fsp3) is 0.500. The number of aromatic amines is 1. The first kappa shape index (κ1) is 24.6. The van der Waals surface area contributed by atoms with Gasteiger partial charge >= 0.3 is 0 Å². The molecule has 9 nitrogen and oxygen atoms in total. The third-order valence-corrected chi connectivity index (χ3v) is 10.6. The second-order valence-corrected chi connectivity index (χ2v) is 12.9. The molecule has 2 aromatic heterocycles. The minimum atomic E-state index is -2.45. The second-order valence-electron chi connectivity index (χ2n) is 9.69. The van der Waals surface area contributed by atoms with E-state index in [1.807, 2.05) is 18.2 Å². The minimum Gasteiger partial charge on any atom is -0.495 e. The van der Waals surface area contributed by atoms with Crippen molar-refractivity contribution in [2.24, 2.45) is 0 Å². The van der Waals surface area contributed by atoms with Gasteiger partial charge in [0.15, 0.2) is 0 Å². The van der Waals surface area contributed by atoms with Gasteiger partial charge in [0.05, 0.1) is 23.7 Å². The minimum absolute atomic E-state index is 0.330. The number of H-pyrrole nitrogens is 1. The summed E-state index contributed by atoms with van der Waals surface area (Å²) in [5.41, 5.74) is 1.83. The molecule has 5 rings (SSSR count). The third-order valence-electron chi connectivity index (χ3n) is 7.50. The summed E-state index contributed by atoms with van der Waals surface area (Å²) < 4.78 is 19.4. The molecule has 1 aromatic carbocycles. The van der Waals surface area contributed by atoms with Crippen LogP contribution >= 0.6 is 7.14 Å². The van der Waals surface area contributed by atoms with Gasteiger partial charge in [0.25, 0.3) is 0 Å². The second kappa shape index (κ2) is 10.5. The Morgan fingerprint density at radius 2 is 2.00 bits per heavy atom.